The van der Waals surface area contributed by atoms with Crippen LogP contribution in [0.2, 0.25) is 0 Å². The van der Waals surface area contributed by atoms with E-state index in [-0.39, 0.29) is 23.5 Å². The third kappa shape index (κ3) is 3.52. The van der Waals surface area contributed by atoms with Gasteiger partial charge in [-0.3, -0.25) is 0 Å². The Balaban J connectivity index is 1.46. The van der Waals surface area contributed by atoms with Gasteiger partial charge in [0.15, 0.2) is 9.84 Å². The maximum absolute atomic E-state index is 12.3. The second kappa shape index (κ2) is 5.78. The summed E-state index contributed by atoms with van der Waals surface area (Å²) in [5, 5.41) is 2.95. The van der Waals surface area contributed by atoms with E-state index in [0.29, 0.717) is 18.4 Å². The van der Waals surface area contributed by atoms with E-state index in [4.69, 9.17) is 0 Å². The van der Waals surface area contributed by atoms with Crippen molar-refractivity contribution in [3.63, 3.8) is 0 Å². The molecule has 2 amide bonds. The van der Waals surface area contributed by atoms with Gasteiger partial charge in [-0.05, 0) is 37.0 Å². The Bertz CT molecular complexity index is 497. The zero-order chi connectivity index (χ0) is 14.9. The summed E-state index contributed by atoms with van der Waals surface area (Å²) >= 11 is 0. The van der Waals surface area contributed by atoms with E-state index in [1.807, 2.05) is 4.90 Å². The fraction of sp³-hybridized carbons (Fsp3) is 0.933. The first-order chi connectivity index (χ1) is 9.98. The van der Waals surface area contributed by atoms with Crippen molar-refractivity contribution in [2.24, 2.45) is 11.3 Å². The molecule has 1 N–H and O–H groups in total. The highest BCUT2D eigenvalue weighted by molar-refractivity contribution is 7.91. The lowest BCUT2D eigenvalue weighted by Crippen LogP contribution is -2.42. The quantitative estimate of drug-likeness (QED) is 0.845. The summed E-state index contributed by atoms with van der Waals surface area (Å²) < 4.78 is 22.8. The monoisotopic (exact) mass is 314 g/mol. The average molecular weight is 314 g/mol. The Labute approximate surface area is 127 Å². The van der Waals surface area contributed by atoms with Crippen molar-refractivity contribution in [1.82, 2.24) is 10.2 Å². The molecule has 2 saturated heterocycles. The average Bonchev–Trinajstić information content (AvgIpc) is 3.01. The molecular formula is C15H26N2O3S. The molecule has 3 rings (SSSR count). The van der Waals surface area contributed by atoms with Crippen molar-refractivity contribution in [3.05, 3.63) is 0 Å². The summed E-state index contributed by atoms with van der Waals surface area (Å²) in [5.74, 6) is 0.614. The van der Waals surface area contributed by atoms with Crippen LogP contribution in [-0.2, 0) is 9.84 Å². The number of urea groups is 1. The molecule has 1 spiro atoms. The minimum atomic E-state index is -2.85. The van der Waals surface area contributed by atoms with Crippen LogP contribution < -0.4 is 5.32 Å². The van der Waals surface area contributed by atoms with Gasteiger partial charge in [0, 0.05) is 19.6 Å². The maximum Gasteiger partial charge on any atom is 0.317 e. The van der Waals surface area contributed by atoms with Crippen molar-refractivity contribution >= 4 is 15.9 Å². The zero-order valence-corrected chi connectivity index (χ0v) is 13.5. The van der Waals surface area contributed by atoms with Gasteiger partial charge in [0.05, 0.1) is 11.5 Å². The Morgan fingerprint density at radius 1 is 1.19 bits per heavy atom. The molecule has 21 heavy (non-hydrogen) atoms. The van der Waals surface area contributed by atoms with Crippen LogP contribution in [0.5, 0.6) is 0 Å². The fourth-order valence-electron chi connectivity index (χ4n) is 4.19. The number of rotatable bonds is 2. The van der Waals surface area contributed by atoms with Gasteiger partial charge in [0.2, 0.25) is 0 Å². The van der Waals surface area contributed by atoms with Crippen LogP contribution in [0.1, 0.15) is 44.9 Å². The minimum absolute atomic E-state index is 0.00162. The normalized spacial score (nSPS) is 30.7. The molecule has 5 nitrogen and oxygen atoms in total. The largest absolute Gasteiger partial charge is 0.338 e. The first-order valence-corrected chi connectivity index (χ1v) is 10.0. The molecule has 1 unspecified atom stereocenters. The minimum Gasteiger partial charge on any atom is -0.338 e. The van der Waals surface area contributed by atoms with Gasteiger partial charge in [0.1, 0.15) is 0 Å². The topological polar surface area (TPSA) is 66.5 Å². The molecule has 6 heteroatoms. The summed E-state index contributed by atoms with van der Waals surface area (Å²) in [4.78, 5) is 14.2. The first-order valence-electron chi connectivity index (χ1n) is 8.21. The lowest BCUT2D eigenvalue weighted by atomic mass is 9.73. The molecule has 0 bridgehead atoms. The first kappa shape index (κ1) is 15.1. The standard InChI is InChI=1S/C15H26N2O3S/c18-14(16-10-13-4-9-21(19,20)11-13)17-8-7-15(12-17)5-2-1-3-6-15/h13H,1-12H2,(H,16,18). The molecule has 0 aromatic heterocycles. The lowest BCUT2D eigenvalue weighted by Gasteiger charge is -2.33. The Hall–Kier alpha value is -0.780. The number of likely N-dealkylation sites (tertiary alicyclic amines) is 1. The molecular weight excluding hydrogens is 288 g/mol. The van der Waals surface area contributed by atoms with Crippen molar-refractivity contribution < 1.29 is 13.2 Å². The summed E-state index contributed by atoms with van der Waals surface area (Å²) in [6.45, 7) is 2.25. The van der Waals surface area contributed by atoms with Crippen molar-refractivity contribution in [2.45, 2.75) is 44.9 Å². The van der Waals surface area contributed by atoms with Gasteiger partial charge in [-0.2, -0.15) is 0 Å². The Morgan fingerprint density at radius 2 is 1.95 bits per heavy atom. The van der Waals surface area contributed by atoms with Crippen LogP contribution in [-0.4, -0.2) is 50.5 Å². The zero-order valence-electron chi connectivity index (χ0n) is 12.6. The van der Waals surface area contributed by atoms with E-state index in [0.717, 1.165) is 19.5 Å². The molecule has 0 radical (unpaired) electrons. The van der Waals surface area contributed by atoms with Crippen LogP contribution >= 0.6 is 0 Å². The highest BCUT2D eigenvalue weighted by Gasteiger charge is 2.40. The van der Waals surface area contributed by atoms with Gasteiger partial charge in [-0.25, -0.2) is 13.2 Å². The van der Waals surface area contributed by atoms with Gasteiger partial charge in [-0.15, -0.1) is 0 Å². The summed E-state index contributed by atoms with van der Waals surface area (Å²) in [7, 11) is -2.85. The summed E-state index contributed by atoms with van der Waals surface area (Å²) in [6, 6.07) is 0.00162. The number of hydrogen-bond acceptors (Lipinski definition) is 3. The third-order valence-electron chi connectivity index (χ3n) is 5.51. The molecule has 0 aromatic rings. The second-order valence-corrected chi connectivity index (χ2v) is 9.42. The predicted octanol–water partition coefficient (Wildman–Crippen LogP) is 1.79. The van der Waals surface area contributed by atoms with Crippen LogP contribution in [0.25, 0.3) is 0 Å². The molecule has 2 heterocycles. The highest BCUT2D eigenvalue weighted by Crippen LogP contribution is 2.43. The van der Waals surface area contributed by atoms with Crippen molar-refractivity contribution in [2.75, 3.05) is 31.1 Å². The van der Waals surface area contributed by atoms with Crippen LogP contribution in [0.15, 0.2) is 0 Å². The number of nitrogens with one attached hydrogen (secondary N) is 1. The van der Waals surface area contributed by atoms with Crippen LogP contribution in [0.4, 0.5) is 4.79 Å². The Kier molecular flexibility index (Phi) is 4.17. The number of amides is 2. The van der Waals surface area contributed by atoms with E-state index < -0.39 is 9.84 Å². The fourth-order valence-corrected chi connectivity index (χ4v) is 6.06. The third-order valence-corrected chi connectivity index (χ3v) is 7.35. The molecule has 120 valence electrons. The van der Waals surface area contributed by atoms with E-state index in [1.165, 1.54) is 32.1 Å². The summed E-state index contributed by atoms with van der Waals surface area (Å²) in [6.07, 6.45) is 8.29. The van der Waals surface area contributed by atoms with E-state index >= 15 is 0 Å². The van der Waals surface area contributed by atoms with Gasteiger partial charge in [-0.1, -0.05) is 19.3 Å². The number of sulfone groups is 1. The molecule has 1 atom stereocenters. The summed E-state index contributed by atoms with van der Waals surface area (Å²) in [5.41, 5.74) is 0.381. The second-order valence-electron chi connectivity index (χ2n) is 7.19. The smallest absolute Gasteiger partial charge is 0.317 e. The van der Waals surface area contributed by atoms with E-state index in [1.54, 1.807) is 0 Å². The van der Waals surface area contributed by atoms with Gasteiger partial charge >= 0.3 is 6.03 Å². The lowest BCUT2D eigenvalue weighted by molar-refractivity contribution is 0.176. The van der Waals surface area contributed by atoms with Crippen LogP contribution in [0.3, 0.4) is 0 Å². The van der Waals surface area contributed by atoms with Gasteiger partial charge in [0.25, 0.3) is 0 Å². The van der Waals surface area contributed by atoms with Crippen molar-refractivity contribution in [1.29, 1.82) is 0 Å². The number of hydrogen-bond donors (Lipinski definition) is 1. The molecule has 0 aromatic carbocycles. The SMILES string of the molecule is O=C(NCC1CCS(=O)(=O)C1)N1CCC2(CCCCC2)C1. The molecule has 1 saturated carbocycles. The van der Waals surface area contributed by atoms with E-state index in [2.05, 4.69) is 5.32 Å². The van der Waals surface area contributed by atoms with Crippen LogP contribution in [0, 0.1) is 11.3 Å². The van der Waals surface area contributed by atoms with Crippen molar-refractivity contribution in [3.8, 4) is 0 Å². The number of carbonyl (C=O) groups is 1. The molecule has 3 aliphatic rings. The molecule has 2 aliphatic heterocycles. The highest BCUT2D eigenvalue weighted by atomic mass is 32.2. The van der Waals surface area contributed by atoms with Gasteiger partial charge < -0.3 is 10.2 Å². The molecule has 1 aliphatic carbocycles. The predicted molar refractivity (Wildman–Crippen MR) is 81.9 cm³/mol. The van der Waals surface area contributed by atoms with E-state index in [9.17, 15) is 13.2 Å². The Morgan fingerprint density at radius 3 is 2.62 bits per heavy atom. The molecule has 3 fully saturated rings. The number of nitrogens with zero attached hydrogens (tertiary/aromatic N) is 1. The number of carbonyl (C=O) groups excluding carboxylic acids is 1. The maximum atomic E-state index is 12.3.